The van der Waals surface area contributed by atoms with Gasteiger partial charge in [-0.1, -0.05) is 12.2 Å². The van der Waals surface area contributed by atoms with Gasteiger partial charge in [0, 0.05) is 13.2 Å². The third kappa shape index (κ3) is 2.19. The van der Waals surface area contributed by atoms with E-state index in [-0.39, 0.29) is 11.7 Å². The van der Waals surface area contributed by atoms with Crippen LogP contribution in [0.1, 0.15) is 32.6 Å². The van der Waals surface area contributed by atoms with Crippen LogP contribution in [0.5, 0.6) is 0 Å². The minimum Gasteiger partial charge on any atom is -0.480 e. The van der Waals surface area contributed by atoms with Crippen molar-refractivity contribution < 1.29 is 19.4 Å². The smallest absolute Gasteiger partial charge is 0.331 e. The molecule has 5 nitrogen and oxygen atoms in total. The number of carboxylic acids is 1. The Kier molecular flexibility index (Phi) is 4.08. The molecule has 4 atom stereocenters. The van der Waals surface area contributed by atoms with E-state index in [4.69, 9.17) is 9.47 Å². The number of carbonyl (C=O) groups is 1. The fourth-order valence-corrected chi connectivity index (χ4v) is 4.79. The Hall–Kier alpha value is -0.560. The summed E-state index contributed by atoms with van der Waals surface area (Å²) in [5, 5.41) is 10.0. The maximum atomic E-state index is 11.9. The lowest BCUT2D eigenvalue weighted by molar-refractivity contribution is -0.193. The quantitative estimate of drug-likeness (QED) is 0.802. The Bertz CT molecular complexity index is 410. The first-order valence-electron chi connectivity index (χ1n) is 7.25. The van der Waals surface area contributed by atoms with Crippen molar-refractivity contribution in [2.24, 2.45) is 0 Å². The van der Waals surface area contributed by atoms with Crippen LogP contribution >= 0.6 is 11.8 Å². The number of nitrogens with zero attached hydrogens (tertiary/aromatic N) is 1. The summed E-state index contributed by atoms with van der Waals surface area (Å²) in [4.78, 5) is 14.0. The van der Waals surface area contributed by atoms with Crippen LogP contribution < -0.4 is 0 Å². The van der Waals surface area contributed by atoms with Gasteiger partial charge in [0.1, 0.15) is 5.44 Å². The van der Waals surface area contributed by atoms with Crippen molar-refractivity contribution in [3.05, 3.63) is 12.2 Å². The molecule has 0 radical (unpaired) electrons. The first kappa shape index (κ1) is 14.4. The van der Waals surface area contributed by atoms with Gasteiger partial charge >= 0.3 is 5.97 Å². The molecule has 3 saturated heterocycles. The number of hydrogen-bond donors (Lipinski definition) is 1. The Morgan fingerprint density at radius 2 is 2.35 bits per heavy atom. The third-order valence-corrected chi connectivity index (χ3v) is 5.78. The lowest BCUT2D eigenvalue weighted by atomic mass is 9.93. The van der Waals surface area contributed by atoms with Crippen LogP contribution in [0, 0.1) is 0 Å². The summed E-state index contributed by atoms with van der Waals surface area (Å²) in [5.74, 6) is -0.828. The van der Waals surface area contributed by atoms with E-state index < -0.39 is 16.9 Å². The van der Waals surface area contributed by atoms with Crippen LogP contribution in [-0.4, -0.2) is 51.8 Å². The number of carboxylic acid groups (broad SMARTS) is 1. The molecule has 3 heterocycles. The average molecular weight is 299 g/mol. The maximum absolute atomic E-state index is 11.9. The zero-order valence-corrected chi connectivity index (χ0v) is 12.5. The fraction of sp³-hybridized carbons (Fsp3) is 0.786. The van der Waals surface area contributed by atoms with Crippen LogP contribution in [0.3, 0.4) is 0 Å². The summed E-state index contributed by atoms with van der Waals surface area (Å²) >= 11 is 1.62. The first-order chi connectivity index (χ1) is 9.68. The predicted octanol–water partition coefficient (Wildman–Crippen LogP) is 2.03. The van der Waals surface area contributed by atoms with Gasteiger partial charge in [0.15, 0.2) is 11.8 Å². The molecule has 0 aliphatic carbocycles. The Balaban J connectivity index is 1.81. The number of allylic oxidation sites excluding steroid dienone is 1. The largest absolute Gasteiger partial charge is 0.480 e. The van der Waals surface area contributed by atoms with Gasteiger partial charge in [0.05, 0.1) is 5.37 Å². The van der Waals surface area contributed by atoms with Crippen molar-refractivity contribution in [2.75, 3.05) is 13.2 Å². The van der Waals surface area contributed by atoms with Gasteiger partial charge in [-0.15, -0.1) is 11.8 Å². The molecule has 20 heavy (non-hydrogen) atoms. The monoisotopic (exact) mass is 299 g/mol. The Labute approximate surface area is 123 Å². The molecule has 3 aliphatic rings. The van der Waals surface area contributed by atoms with Crippen LogP contribution in [0.25, 0.3) is 0 Å². The Morgan fingerprint density at radius 3 is 2.90 bits per heavy atom. The van der Waals surface area contributed by atoms with Crippen molar-refractivity contribution in [3.63, 3.8) is 0 Å². The molecule has 0 spiro atoms. The number of rotatable bonds is 4. The highest BCUT2D eigenvalue weighted by Gasteiger charge is 2.62. The molecule has 0 bridgehead atoms. The standard InChI is InChI=1S/C14H21NO4S/c1-2-7-14(12(16)17)13(20-10-6-8-15(10)14)19-11-5-3-4-9-18-11/h2,7,10-11,13H,3-6,8-9H2,1H3,(H,16,17)/t10?,11?,13-,14?/m0/s1. The molecular formula is C14H21NO4S. The average Bonchev–Trinajstić information content (AvgIpc) is 2.61. The normalized spacial score (nSPS) is 41.5. The van der Waals surface area contributed by atoms with E-state index in [1.807, 2.05) is 17.9 Å². The van der Waals surface area contributed by atoms with Crippen LogP contribution in [0.4, 0.5) is 0 Å². The SMILES string of the molecule is CC=CC1(C(=O)O)[C@@H](OC2CCCCO2)SC2CCN21. The van der Waals surface area contributed by atoms with Crippen molar-refractivity contribution in [3.8, 4) is 0 Å². The number of fused-ring (bicyclic) bond motifs is 1. The summed E-state index contributed by atoms with van der Waals surface area (Å²) in [6.45, 7) is 3.38. The van der Waals surface area contributed by atoms with Gasteiger partial charge in [-0.05, 0) is 32.6 Å². The van der Waals surface area contributed by atoms with Gasteiger partial charge in [-0.25, -0.2) is 4.79 Å². The van der Waals surface area contributed by atoms with E-state index in [0.29, 0.717) is 6.61 Å². The molecule has 0 aromatic carbocycles. The first-order valence-corrected chi connectivity index (χ1v) is 8.19. The van der Waals surface area contributed by atoms with Crippen molar-refractivity contribution in [1.29, 1.82) is 0 Å². The second kappa shape index (κ2) is 5.67. The van der Waals surface area contributed by atoms with Crippen LogP contribution in [0.2, 0.25) is 0 Å². The van der Waals surface area contributed by atoms with Gasteiger partial charge < -0.3 is 14.6 Å². The van der Waals surface area contributed by atoms with Gasteiger partial charge in [0.25, 0.3) is 0 Å². The third-order valence-electron chi connectivity index (χ3n) is 4.26. The topological polar surface area (TPSA) is 59.0 Å². The Morgan fingerprint density at radius 1 is 1.50 bits per heavy atom. The van der Waals surface area contributed by atoms with E-state index in [2.05, 4.69) is 0 Å². The van der Waals surface area contributed by atoms with Gasteiger partial charge in [0.2, 0.25) is 0 Å². The summed E-state index contributed by atoms with van der Waals surface area (Å²) in [5.41, 5.74) is -1.44. The number of hydrogen-bond acceptors (Lipinski definition) is 5. The van der Waals surface area contributed by atoms with E-state index in [1.54, 1.807) is 17.8 Å². The zero-order valence-electron chi connectivity index (χ0n) is 11.7. The predicted molar refractivity (Wildman–Crippen MR) is 76.3 cm³/mol. The van der Waals surface area contributed by atoms with Crippen molar-refractivity contribution >= 4 is 17.7 Å². The number of thioether (sulfide) groups is 1. The van der Waals surface area contributed by atoms with Crippen molar-refractivity contribution in [1.82, 2.24) is 4.90 Å². The molecule has 0 aromatic heterocycles. The fourth-order valence-electron chi connectivity index (χ4n) is 3.13. The highest BCUT2D eigenvalue weighted by molar-refractivity contribution is 8.00. The summed E-state index contributed by atoms with van der Waals surface area (Å²) < 4.78 is 11.6. The molecule has 6 heteroatoms. The molecule has 0 aromatic rings. The van der Waals surface area contributed by atoms with E-state index in [9.17, 15) is 9.90 Å². The zero-order chi connectivity index (χ0) is 14.2. The number of aliphatic carboxylic acids is 1. The summed E-state index contributed by atoms with van der Waals surface area (Å²) in [6, 6.07) is 0. The highest BCUT2D eigenvalue weighted by Crippen LogP contribution is 2.51. The van der Waals surface area contributed by atoms with Gasteiger partial charge in [-0.2, -0.15) is 0 Å². The minimum absolute atomic E-state index is 0.260. The summed E-state index contributed by atoms with van der Waals surface area (Å²) in [7, 11) is 0. The highest BCUT2D eigenvalue weighted by atomic mass is 32.2. The maximum Gasteiger partial charge on any atom is 0.331 e. The van der Waals surface area contributed by atoms with E-state index >= 15 is 0 Å². The second-order valence-electron chi connectivity index (χ2n) is 5.47. The van der Waals surface area contributed by atoms with E-state index in [1.165, 1.54) is 0 Å². The van der Waals surface area contributed by atoms with Crippen LogP contribution in [-0.2, 0) is 14.3 Å². The van der Waals surface area contributed by atoms with Crippen molar-refractivity contribution in [2.45, 2.75) is 55.2 Å². The molecule has 3 rings (SSSR count). The van der Waals surface area contributed by atoms with Crippen LogP contribution in [0.15, 0.2) is 12.2 Å². The van der Waals surface area contributed by atoms with Gasteiger partial charge in [-0.3, -0.25) is 4.90 Å². The lowest BCUT2D eigenvalue weighted by Crippen LogP contribution is -2.61. The molecule has 3 aliphatic heterocycles. The second-order valence-corrected chi connectivity index (χ2v) is 6.71. The van der Waals surface area contributed by atoms with E-state index in [0.717, 1.165) is 32.2 Å². The molecular weight excluding hydrogens is 278 g/mol. The lowest BCUT2D eigenvalue weighted by Gasteiger charge is -2.43. The number of ether oxygens (including phenoxy) is 2. The molecule has 112 valence electrons. The molecule has 0 saturated carbocycles. The molecule has 3 unspecified atom stereocenters. The minimum atomic E-state index is -1.04. The molecule has 0 amide bonds. The molecule has 3 fully saturated rings. The summed E-state index contributed by atoms with van der Waals surface area (Å²) in [6.07, 6.45) is 7.35. The molecule has 1 N–H and O–H groups in total.